The van der Waals surface area contributed by atoms with E-state index < -0.39 is 0 Å². The van der Waals surface area contributed by atoms with Crippen molar-refractivity contribution < 1.29 is 4.39 Å². The Bertz CT molecular complexity index is 357. The highest BCUT2D eigenvalue weighted by atomic mass is 19.1. The molecule has 0 amide bonds. The zero-order valence-electron chi connectivity index (χ0n) is 10.3. The minimum Gasteiger partial charge on any atom is -0.398 e. The Morgan fingerprint density at radius 3 is 2.41 bits per heavy atom. The molecule has 2 N–H and O–H groups in total. The van der Waals surface area contributed by atoms with Crippen LogP contribution < -0.4 is 5.73 Å². The molecule has 0 radical (unpaired) electrons. The molecular weight excluding hydrogens is 215 g/mol. The predicted molar refractivity (Wildman–Crippen MR) is 69.2 cm³/mol. The molecule has 0 aromatic heterocycles. The van der Waals surface area contributed by atoms with E-state index in [9.17, 15) is 4.39 Å². The van der Waals surface area contributed by atoms with Gasteiger partial charge < -0.3 is 5.73 Å². The molecule has 0 atom stereocenters. The molecule has 1 aromatic rings. The maximum absolute atomic E-state index is 13.2. The highest BCUT2D eigenvalue weighted by molar-refractivity contribution is 5.46. The number of nitrogens with two attached hydrogens (primary N) is 1. The van der Waals surface area contributed by atoms with Gasteiger partial charge in [-0.1, -0.05) is 19.3 Å². The molecule has 2 rings (SSSR count). The zero-order chi connectivity index (χ0) is 12.1. The van der Waals surface area contributed by atoms with Gasteiger partial charge in [-0.25, -0.2) is 4.39 Å². The molecule has 1 saturated heterocycles. The molecule has 1 aliphatic heterocycles. The lowest BCUT2D eigenvalue weighted by Gasteiger charge is -2.25. The predicted octanol–water partition coefficient (Wildman–Crippen LogP) is 3.17. The monoisotopic (exact) mass is 236 g/mol. The van der Waals surface area contributed by atoms with Crippen molar-refractivity contribution in [2.24, 2.45) is 0 Å². The van der Waals surface area contributed by atoms with Gasteiger partial charge in [0.2, 0.25) is 0 Å². The van der Waals surface area contributed by atoms with Crippen LogP contribution in [0.25, 0.3) is 0 Å². The quantitative estimate of drug-likeness (QED) is 0.799. The van der Waals surface area contributed by atoms with E-state index in [0.717, 1.165) is 25.2 Å². The Balaban J connectivity index is 2.00. The average Bonchev–Trinajstić information content (AvgIpc) is 2.27. The van der Waals surface area contributed by atoms with Crippen molar-refractivity contribution in [2.45, 2.75) is 38.6 Å². The van der Waals surface area contributed by atoms with Gasteiger partial charge in [-0.2, -0.15) is 0 Å². The number of hydrogen-bond acceptors (Lipinski definition) is 2. The first-order valence-electron chi connectivity index (χ1n) is 6.52. The van der Waals surface area contributed by atoms with Crippen LogP contribution in [0, 0.1) is 5.82 Å². The highest BCUT2D eigenvalue weighted by Gasteiger charge is 2.10. The summed E-state index contributed by atoms with van der Waals surface area (Å²) in [6, 6.07) is 4.65. The topological polar surface area (TPSA) is 29.3 Å². The van der Waals surface area contributed by atoms with Crippen molar-refractivity contribution in [3.63, 3.8) is 0 Å². The van der Waals surface area contributed by atoms with Crippen molar-refractivity contribution in [1.29, 1.82) is 0 Å². The molecule has 0 unspecified atom stereocenters. The maximum atomic E-state index is 13.2. The fourth-order valence-electron chi connectivity index (χ4n) is 2.42. The number of nitrogen functional groups attached to an aromatic ring is 1. The summed E-state index contributed by atoms with van der Waals surface area (Å²) in [7, 11) is 0. The van der Waals surface area contributed by atoms with E-state index in [-0.39, 0.29) is 5.82 Å². The van der Waals surface area contributed by atoms with Gasteiger partial charge in [0.25, 0.3) is 0 Å². The van der Waals surface area contributed by atoms with Gasteiger partial charge in [0.05, 0.1) is 0 Å². The van der Waals surface area contributed by atoms with Crippen LogP contribution in [0.5, 0.6) is 0 Å². The van der Waals surface area contributed by atoms with Crippen molar-refractivity contribution in [3.05, 3.63) is 29.6 Å². The Hall–Kier alpha value is -1.09. The van der Waals surface area contributed by atoms with Gasteiger partial charge in [0, 0.05) is 12.2 Å². The molecule has 0 spiro atoms. The third-order valence-electron chi connectivity index (χ3n) is 3.45. The van der Waals surface area contributed by atoms with Crippen molar-refractivity contribution in [3.8, 4) is 0 Å². The van der Waals surface area contributed by atoms with Gasteiger partial charge in [-0.05, 0) is 49.7 Å². The SMILES string of the molecule is Nc1ccc(F)cc1CN1CCCCCCC1. The standard InChI is InChI=1S/C14H21FN2/c15-13-6-7-14(16)12(10-13)11-17-8-4-2-1-3-5-9-17/h6-7,10H,1-5,8-9,11,16H2. The minimum atomic E-state index is -0.193. The molecule has 2 nitrogen and oxygen atoms in total. The number of rotatable bonds is 2. The van der Waals surface area contributed by atoms with E-state index in [0.29, 0.717) is 5.69 Å². The lowest BCUT2D eigenvalue weighted by molar-refractivity contribution is 0.240. The molecule has 1 heterocycles. The van der Waals surface area contributed by atoms with Crippen LogP contribution in [0.15, 0.2) is 18.2 Å². The lowest BCUT2D eigenvalue weighted by atomic mass is 10.1. The molecule has 1 fully saturated rings. The first-order valence-corrected chi connectivity index (χ1v) is 6.52. The van der Waals surface area contributed by atoms with Gasteiger partial charge in [0.1, 0.15) is 5.82 Å². The zero-order valence-corrected chi connectivity index (χ0v) is 10.3. The minimum absolute atomic E-state index is 0.193. The molecule has 0 bridgehead atoms. The fraction of sp³-hybridized carbons (Fsp3) is 0.571. The number of benzene rings is 1. The van der Waals surface area contributed by atoms with Gasteiger partial charge in [0.15, 0.2) is 0 Å². The summed E-state index contributed by atoms with van der Waals surface area (Å²) in [6.45, 7) is 3.00. The number of nitrogens with zero attached hydrogens (tertiary/aromatic N) is 1. The summed E-state index contributed by atoms with van der Waals surface area (Å²) in [5.74, 6) is -0.193. The van der Waals surface area contributed by atoms with E-state index in [1.54, 1.807) is 12.1 Å². The summed E-state index contributed by atoms with van der Waals surface area (Å²) in [4.78, 5) is 2.39. The fourth-order valence-corrected chi connectivity index (χ4v) is 2.42. The summed E-state index contributed by atoms with van der Waals surface area (Å²) in [5, 5.41) is 0. The summed E-state index contributed by atoms with van der Waals surface area (Å²) >= 11 is 0. The highest BCUT2D eigenvalue weighted by Crippen LogP contribution is 2.18. The maximum Gasteiger partial charge on any atom is 0.123 e. The first kappa shape index (κ1) is 12.4. The molecule has 0 aliphatic carbocycles. The molecule has 17 heavy (non-hydrogen) atoms. The van der Waals surface area contributed by atoms with E-state index in [2.05, 4.69) is 4.90 Å². The molecule has 0 saturated carbocycles. The summed E-state index contributed by atoms with van der Waals surface area (Å²) in [6.07, 6.45) is 6.48. The lowest BCUT2D eigenvalue weighted by Crippen LogP contribution is -2.27. The van der Waals surface area contributed by atoms with Crippen LogP contribution in [0.3, 0.4) is 0 Å². The number of hydrogen-bond donors (Lipinski definition) is 1. The van der Waals surface area contributed by atoms with Gasteiger partial charge >= 0.3 is 0 Å². The number of halogens is 1. The first-order chi connectivity index (χ1) is 8.25. The molecule has 1 aromatic carbocycles. The van der Waals surface area contributed by atoms with Crippen molar-refractivity contribution in [2.75, 3.05) is 18.8 Å². The van der Waals surface area contributed by atoms with Crippen LogP contribution in [0.4, 0.5) is 10.1 Å². The second-order valence-electron chi connectivity index (χ2n) is 4.89. The van der Waals surface area contributed by atoms with E-state index in [1.807, 2.05) is 0 Å². The number of anilines is 1. The van der Waals surface area contributed by atoms with Gasteiger partial charge in [-0.3, -0.25) is 4.90 Å². The van der Waals surface area contributed by atoms with Crippen molar-refractivity contribution >= 4 is 5.69 Å². The third-order valence-corrected chi connectivity index (χ3v) is 3.45. The normalized spacial score (nSPS) is 18.6. The van der Waals surface area contributed by atoms with Crippen LogP contribution >= 0.6 is 0 Å². The third kappa shape index (κ3) is 3.70. The Labute approximate surface area is 103 Å². The Morgan fingerprint density at radius 1 is 1.06 bits per heavy atom. The van der Waals surface area contributed by atoms with Crippen LogP contribution in [-0.4, -0.2) is 18.0 Å². The van der Waals surface area contributed by atoms with E-state index >= 15 is 0 Å². The smallest absolute Gasteiger partial charge is 0.123 e. The molecule has 94 valence electrons. The van der Waals surface area contributed by atoms with Gasteiger partial charge in [-0.15, -0.1) is 0 Å². The van der Waals surface area contributed by atoms with Crippen LogP contribution in [0.1, 0.15) is 37.7 Å². The Morgan fingerprint density at radius 2 is 1.71 bits per heavy atom. The van der Waals surface area contributed by atoms with Crippen molar-refractivity contribution in [1.82, 2.24) is 4.90 Å². The second-order valence-corrected chi connectivity index (χ2v) is 4.89. The van der Waals surface area contributed by atoms with E-state index in [4.69, 9.17) is 5.73 Å². The largest absolute Gasteiger partial charge is 0.398 e. The van der Waals surface area contributed by atoms with E-state index in [1.165, 1.54) is 38.2 Å². The number of likely N-dealkylation sites (tertiary alicyclic amines) is 1. The molecular formula is C14H21FN2. The van der Waals surface area contributed by atoms with Crippen LogP contribution in [-0.2, 0) is 6.54 Å². The molecule has 3 heteroatoms. The average molecular weight is 236 g/mol. The summed E-state index contributed by atoms with van der Waals surface area (Å²) in [5.41, 5.74) is 7.51. The Kier molecular flexibility index (Phi) is 4.37. The second kappa shape index (κ2) is 6.01. The summed E-state index contributed by atoms with van der Waals surface area (Å²) < 4.78 is 13.2. The van der Waals surface area contributed by atoms with Crippen LogP contribution in [0.2, 0.25) is 0 Å². The molecule has 1 aliphatic rings.